The number of carbonyl (C=O) groups excluding carboxylic acids is 1. The van der Waals surface area contributed by atoms with Gasteiger partial charge < -0.3 is 4.74 Å². The number of azide groups is 1. The summed E-state index contributed by atoms with van der Waals surface area (Å²) in [5.41, 5.74) is 10.7. The molecule has 2 heterocycles. The minimum Gasteiger partial charge on any atom is -0.485 e. The van der Waals surface area contributed by atoms with Crippen LogP contribution in [0, 0.1) is 10.7 Å². The highest BCUT2D eigenvalue weighted by Gasteiger charge is 2.17. The monoisotopic (exact) mass is 396 g/mol. The van der Waals surface area contributed by atoms with Gasteiger partial charge in [0.25, 0.3) is 0 Å². The molecule has 0 N–H and O–H groups in total. The first kappa shape index (κ1) is 20.0. The molecule has 10 heteroatoms. The molecule has 0 aliphatic rings. The molecule has 0 aliphatic heterocycles. The number of hydrogen-bond acceptors (Lipinski definition) is 5. The van der Waals surface area contributed by atoms with Gasteiger partial charge in [0.1, 0.15) is 18.1 Å². The van der Waals surface area contributed by atoms with Crippen LogP contribution in [0.3, 0.4) is 0 Å². The number of pyridine rings is 1. The summed E-state index contributed by atoms with van der Waals surface area (Å²) in [5, 5.41) is 5.93. The smallest absolute Gasteiger partial charge is 0.335 e. The average Bonchev–Trinajstić information content (AvgIpc) is 3.16. The number of fused-ring (bicyclic) bond motifs is 1. The lowest BCUT2D eigenvalue weighted by molar-refractivity contribution is 0.0995. The normalized spacial score (nSPS) is 10.6. The van der Waals surface area contributed by atoms with Crippen molar-refractivity contribution in [2.75, 3.05) is 6.54 Å². The number of hydrogen-bond donors (Lipinski definition) is 0. The van der Waals surface area contributed by atoms with E-state index in [4.69, 9.17) is 10.3 Å². The first-order valence-electron chi connectivity index (χ1n) is 8.86. The van der Waals surface area contributed by atoms with E-state index in [0.29, 0.717) is 35.4 Å². The summed E-state index contributed by atoms with van der Waals surface area (Å²) in [5.74, 6) is -1.04. The molecule has 0 saturated heterocycles. The maximum atomic E-state index is 14.3. The Morgan fingerprint density at radius 1 is 1.41 bits per heavy atom. The molecular formula is C19H17FN6O3. The van der Waals surface area contributed by atoms with E-state index < -0.39 is 5.91 Å². The largest absolute Gasteiger partial charge is 0.485 e. The topological polar surface area (TPSA) is 122 Å². The van der Waals surface area contributed by atoms with Crippen LogP contribution < -0.4 is 4.74 Å². The lowest BCUT2D eigenvalue weighted by Crippen LogP contribution is -2.06. The Kier molecular flexibility index (Phi) is 6.16. The Balaban J connectivity index is 2.01. The van der Waals surface area contributed by atoms with Gasteiger partial charge >= 0.3 is 5.91 Å². The predicted molar refractivity (Wildman–Crippen MR) is 103 cm³/mol. The molecule has 0 saturated carbocycles. The van der Waals surface area contributed by atoms with E-state index in [1.807, 2.05) is 13.0 Å². The highest BCUT2D eigenvalue weighted by atomic mass is 19.1. The molecule has 0 bridgehead atoms. The molecule has 29 heavy (non-hydrogen) atoms. The fraction of sp³-hybridized carbons (Fsp3) is 0.263. The molecule has 0 fully saturated rings. The van der Waals surface area contributed by atoms with E-state index in [1.54, 1.807) is 18.3 Å². The number of nitrogens with zero attached hydrogens (tertiary/aromatic N) is 6. The quantitative estimate of drug-likeness (QED) is 0.243. The van der Waals surface area contributed by atoms with Crippen LogP contribution in [0.5, 0.6) is 5.75 Å². The minimum absolute atomic E-state index is 0.0226. The van der Waals surface area contributed by atoms with E-state index in [0.717, 1.165) is 5.56 Å². The first-order valence-corrected chi connectivity index (χ1v) is 8.86. The molecule has 3 aromatic rings. The van der Waals surface area contributed by atoms with Gasteiger partial charge in [-0.05, 0) is 41.6 Å². The summed E-state index contributed by atoms with van der Waals surface area (Å²) in [6.07, 6.45) is 3.84. The molecule has 0 aliphatic carbocycles. The number of rotatable bonds is 8. The fourth-order valence-electron chi connectivity index (χ4n) is 3.03. The van der Waals surface area contributed by atoms with Crippen molar-refractivity contribution in [2.24, 2.45) is 10.3 Å². The standard InChI is InChI=1S/C19H17FN6O3/c1-2-13-4-3-5-15(20)14(13)11-29-17-8-12(6-7-23-25-21)10-26-16(19(27)24-28)9-22-18(17)26/h3-5,8-10H,2,6-7,11H2,1H3. The highest BCUT2D eigenvalue weighted by Crippen LogP contribution is 2.25. The van der Waals surface area contributed by atoms with Gasteiger partial charge in [0.15, 0.2) is 11.4 Å². The van der Waals surface area contributed by atoms with Gasteiger partial charge in [-0.1, -0.05) is 24.2 Å². The number of carbonyl (C=O) groups is 1. The number of imidazole rings is 1. The second-order valence-electron chi connectivity index (χ2n) is 6.17. The Morgan fingerprint density at radius 3 is 2.97 bits per heavy atom. The number of nitroso groups, excluding NO2 is 1. The van der Waals surface area contributed by atoms with Crippen molar-refractivity contribution in [1.29, 1.82) is 0 Å². The van der Waals surface area contributed by atoms with E-state index in [2.05, 4.69) is 20.2 Å². The van der Waals surface area contributed by atoms with Crippen molar-refractivity contribution in [2.45, 2.75) is 26.4 Å². The van der Waals surface area contributed by atoms with Crippen LogP contribution in [0.1, 0.15) is 34.1 Å². The fourth-order valence-corrected chi connectivity index (χ4v) is 3.03. The molecule has 0 spiro atoms. The van der Waals surface area contributed by atoms with E-state index in [9.17, 15) is 14.1 Å². The average molecular weight is 396 g/mol. The molecule has 0 unspecified atom stereocenters. The summed E-state index contributed by atoms with van der Waals surface area (Å²) in [7, 11) is 0. The molecule has 148 valence electrons. The Bertz CT molecular complexity index is 1120. The van der Waals surface area contributed by atoms with Crippen LogP contribution in [0.15, 0.2) is 47.0 Å². The van der Waals surface area contributed by atoms with Gasteiger partial charge in [0, 0.05) is 28.4 Å². The van der Waals surface area contributed by atoms with Crippen LogP contribution in [0.25, 0.3) is 16.1 Å². The van der Waals surface area contributed by atoms with Crippen LogP contribution in [-0.2, 0) is 19.4 Å². The SMILES string of the molecule is CCc1cccc(F)c1COc1cc(CCN=[N+]=[N-])cn2c(C(=O)N=O)cnc12. The van der Waals surface area contributed by atoms with Gasteiger partial charge in [0.2, 0.25) is 0 Å². The summed E-state index contributed by atoms with van der Waals surface area (Å²) in [6, 6.07) is 6.52. The number of benzene rings is 1. The molecule has 0 atom stereocenters. The minimum atomic E-state index is -0.974. The second-order valence-corrected chi connectivity index (χ2v) is 6.17. The van der Waals surface area contributed by atoms with Gasteiger partial charge in [-0.3, -0.25) is 9.20 Å². The number of ether oxygens (including phenoxy) is 1. The van der Waals surface area contributed by atoms with Crippen LogP contribution in [0.2, 0.25) is 0 Å². The lowest BCUT2D eigenvalue weighted by Gasteiger charge is -2.13. The third-order valence-electron chi connectivity index (χ3n) is 4.46. The van der Waals surface area contributed by atoms with Crippen LogP contribution >= 0.6 is 0 Å². The van der Waals surface area contributed by atoms with Gasteiger partial charge in [0.05, 0.1) is 6.20 Å². The third kappa shape index (κ3) is 4.22. The summed E-state index contributed by atoms with van der Waals surface area (Å²) in [4.78, 5) is 29.3. The van der Waals surface area contributed by atoms with Crippen molar-refractivity contribution in [3.8, 4) is 5.75 Å². The van der Waals surface area contributed by atoms with Crippen LogP contribution in [-0.4, -0.2) is 21.8 Å². The maximum Gasteiger partial charge on any atom is 0.335 e. The van der Waals surface area contributed by atoms with E-state index >= 15 is 0 Å². The zero-order valence-electron chi connectivity index (χ0n) is 15.6. The molecule has 2 aromatic heterocycles. The van der Waals surface area contributed by atoms with Crippen LogP contribution in [0.4, 0.5) is 4.39 Å². The van der Waals surface area contributed by atoms with Crippen molar-refractivity contribution >= 4 is 11.6 Å². The molecule has 1 amide bonds. The molecule has 9 nitrogen and oxygen atoms in total. The van der Waals surface area contributed by atoms with Crippen molar-refractivity contribution in [3.63, 3.8) is 0 Å². The van der Waals surface area contributed by atoms with Crippen molar-refractivity contribution < 1.29 is 13.9 Å². The van der Waals surface area contributed by atoms with E-state index in [1.165, 1.54) is 16.7 Å². The Morgan fingerprint density at radius 2 is 2.24 bits per heavy atom. The number of halogens is 1. The summed E-state index contributed by atoms with van der Waals surface area (Å²) < 4.78 is 21.5. The van der Waals surface area contributed by atoms with Gasteiger partial charge in [-0.2, -0.15) is 0 Å². The summed E-state index contributed by atoms with van der Waals surface area (Å²) >= 11 is 0. The first-order chi connectivity index (χ1) is 14.1. The Hall–Kier alpha value is -3.78. The molecular weight excluding hydrogens is 379 g/mol. The zero-order valence-corrected chi connectivity index (χ0v) is 15.6. The van der Waals surface area contributed by atoms with Crippen molar-refractivity contribution in [3.05, 3.63) is 80.2 Å². The number of aryl methyl sites for hydroxylation is 1. The number of aromatic nitrogens is 2. The van der Waals surface area contributed by atoms with Gasteiger partial charge in [-0.15, -0.1) is 4.91 Å². The third-order valence-corrected chi connectivity index (χ3v) is 4.46. The molecule has 3 rings (SSSR count). The molecule has 0 radical (unpaired) electrons. The summed E-state index contributed by atoms with van der Waals surface area (Å²) in [6.45, 7) is 2.08. The number of amides is 1. The second kappa shape index (κ2) is 8.94. The highest BCUT2D eigenvalue weighted by molar-refractivity contribution is 5.94. The Labute approximate surface area is 164 Å². The lowest BCUT2D eigenvalue weighted by atomic mass is 10.1. The predicted octanol–water partition coefficient (Wildman–Crippen LogP) is 4.37. The maximum absolute atomic E-state index is 14.3. The van der Waals surface area contributed by atoms with Gasteiger partial charge in [-0.25, -0.2) is 9.37 Å². The van der Waals surface area contributed by atoms with E-state index in [-0.39, 0.29) is 24.7 Å². The van der Waals surface area contributed by atoms with Crippen molar-refractivity contribution in [1.82, 2.24) is 9.38 Å². The molecule has 1 aromatic carbocycles. The zero-order chi connectivity index (χ0) is 20.8.